The van der Waals surface area contributed by atoms with Crippen molar-refractivity contribution in [1.29, 1.82) is 0 Å². The van der Waals surface area contributed by atoms with Crippen LogP contribution in [-0.2, 0) is 9.59 Å². The highest BCUT2D eigenvalue weighted by atomic mass is 16.3. The molecule has 0 unspecified atom stereocenters. The molecule has 0 aromatic heterocycles. The van der Waals surface area contributed by atoms with E-state index in [0.717, 1.165) is 45.2 Å². The lowest BCUT2D eigenvalue weighted by molar-refractivity contribution is -0.149. The van der Waals surface area contributed by atoms with Crippen LogP contribution in [0.15, 0.2) is 0 Å². The summed E-state index contributed by atoms with van der Waals surface area (Å²) in [5, 5.41) is 13.8. The number of piperidine rings is 2. The molecule has 2 atom stereocenters. The number of aliphatic hydroxyl groups excluding tert-OH is 1. The minimum absolute atomic E-state index is 0.0299. The van der Waals surface area contributed by atoms with E-state index in [1.54, 1.807) is 0 Å². The fourth-order valence-electron chi connectivity index (χ4n) is 4.70. The highest BCUT2D eigenvalue weighted by Gasteiger charge is 2.47. The monoisotopic (exact) mass is 365 g/mol. The Kier molecular flexibility index (Phi) is 5.63. The summed E-state index contributed by atoms with van der Waals surface area (Å²) in [5.74, 6) is 0.520. The van der Waals surface area contributed by atoms with Gasteiger partial charge in [-0.2, -0.15) is 0 Å². The van der Waals surface area contributed by atoms with Crippen LogP contribution in [0.3, 0.4) is 0 Å². The van der Waals surface area contributed by atoms with Crippen LogP contribution in [0.25, 0.3) is 0 Å². The second-order valence-electron chi connectivity index (χ2n) is 9.67. The standard InChI is InChI=1S/C20H35N3O3/c1-19(2,3)21-17(25)12-22-11-8-16(24)20(13-22)9-5-10-23(14-20)18(26)15-6-4-7-15/h15-16,24H,4-14H2,1-3H3,(H,21,25)/t16-,20-/m1/s1. The van der Waals surface area contributed by atoms with E-state index in [4.69, 9.17) is 0 Å². The Hall–Kier alpha value is -1.14. The first-order valence-electron chi connectivity index (χ1n) is 10.2. The van der Waals surface area contributed by atoms with Gasteiger partial charge in [-0.1, -0.05) is 6.42 Å². The number of aliphatic hydroxyl groups is 1. The quantitative estimate of drug-likeness (QED) is 0.792. The lowest BCUT2D eigenvalue weighted by atomic mass is 9.71. The van der Waals surface area contributed by atoms with Crippen molar-refractivity contribution in [2.24, 2.45) is 11.3 Å². The third-order valence-corrected chi connectivity index (χ3v) is 6.22. The van der Waals surface area contributed by atoms with Gasteiger partial charge in [0.25, 0.3) is 0 Å². The Morgan fingerprint density at radius 3 is 2.46 bits per heavy atom. The van der Waals surface area contributed by atoms with Crippen molar-refractivity contribution in [2.75, 3.05) is 32.7 Å². The van der Waals surface area contributed by atoms with Gasteiger partial charge in [0.15, 0.2) is 0 Å². The predicted molar refractivity (Wildman–Crippen MR) is 101 cm³/mol. The average Bonchev–Trinajstić information content (AvgIpc) is 2.47. The Labute approximate surface area is 157 Å². The van der Waals surface area contributed by atoms with Crippen LogP contribution in [0, 0.1) is 11.3 Å². The fourth-order valence-corrected chi connectivity index (χ4v) is 4.70. The van der Waals surface area contributed by atoms with Crippen molar-refractivity contribution in [3.05, 3.63) is 0 Å². The molecule has 0 aromatic carbocycles. The van der Waals surface area contributed by atoms with Gasteiger partial charge < -0.3 is 15.3 Å². The molecular weight excluding hydrogens is 330 g/mol. The van der Waals surface area contributed by atoms with Gasteiger partial charge in [-0.15, -0.1) is 0 Å². The van der Waals surface area contributed by atoms with Gasteiger partial charge >= 0.3 is 0 Å². The number of likely N-dealkylation sites (tertiary alicyclic amines) is 2. The second kappa shape index (κ2) is 7.47. The van der Waals surface area contributed by atoms with E-state index in [1.807, 2.05) is 25.7 Å². The molecule has 1 saturated carbocycles. The number of nitrogens with zero attached hydrogens (tertiary/aromatic N) is 2. The number of carbonyl (C=O) groups is 2. The zero-order valence-corrected chi connectivity index (χ0v) is 16.6. The molecule has 148 valence electrons. The molecule has 0 bridgehead atoms. The molecule has 6 nitrogen and oxygen atoms in total. The van der Waals surface area contributed by atoms with Crippen LogP contribution in [0.5, 0.6) is 0 Å². The van der Waals surface area contributed by atoms with Crippen LogP contribution in [-0.4, -0.2) is 71.1 Å². The Balaban J connectivity index is 1.63. The molecule has 1 spiro atoms. The fraction of sp³-hybridized carbons (Fsp3) is 0.900. The number of nitrogens with one attached hydrogen (secondary N) is 1. The highest BCUT2D eigenvalue weighted by Crippen LogP contribution is 2.40. The molecule has 2 aliphatic heterocycles. The molecule has 26 heavy (non-hydrogen) atoms. The summed E-state index contributed by atoms with van der Waals surface area (Å²) in [7, 11) is 0. The van der Waals surface area contributed by atoms with Crippen molar-refractivity contribution < 1.29 is 14.7 Å². The first kappa shape index (κ1) is 19.6. The number of hydrogen-bond donors (Lipinski definition) is 2. The minimum Gasteiger partial charge on any atom is -0.392 e. The van der Waals surface area contributed by atoms with Gasteiger partial charge in [0.05, 0.1) is 12.6 Å². The maximum Gasteiger partial charge on any atom is 0.234 e. The lowest BCUT2D eigenvalue weighted by Gasteiger charge is -2.51. The van der Waals surface area contributed by atoms with Gasteiger partial charge in [-0.3, -0.25) is 14.5 Å². The molecule has 3 fully saturated rings. The number of carbonyl (C=O) groups excluding carboxylic acids is 2. The Morgan fingerprint density at radius 2 is 1.85 bits per heavy atom. The molecule has 3 rings (SSSR count). The zero-order chi connectivity index (χ0) is 18.9. The van der Waals surface area contributed by atoms with E-state index in [9.17, 15) is 14.7 Å². The Morgan fingerprint density at radius 1 is 1.12 bits per heavy atom. The first-order chi connectivity index (χ1) is 12.2. The van der Waals surface area contributed by atoms with Crippen molar-refractivity contribution in [3.63, 3.8) is 0 Å². The molecule has 2 heterocycles. The van der Waals surface area contributed by atoms with Crippen molar-refractivity contribution >= 4 is 11.8 Å². The lowest BCUT2D eigenvalue weighted by Crippen LogP contribution is -2.61. The molecule has 6 heteroatoms. The maximum absolute atomic E-state index is 12.7. The summed E-state index contributed by atoms with van der Waals surface area (Å²) in [4.78, 5) is 29.2. The smallest absolute Gasteiger partial charge is 0.234 e. The number of amides is 2. The largest absolute Gasteiger partial charge is 0.392 e. The summed E-state index contributed by atoms with van der Waals surface area (Å²) < 4.78 is 0. The SMILES string of the molecule is CC(C)(C)NC(=O)CN1CC[C@@H](O)[C@]2(CCCN(C(=O)C3CCC3)C2)C1. The van der Waals surface area contributed by atoms with Gasteiger partial charge in [0.2, 0.25) is 11.8 Å². The van der Waals surface area contributed by atoms with E-state index in [2.05, 4.69) is 10.2 Å². The van der Waals surface area contributed by atoms with E-state index in [0.29, 0.717) is 26.1 Å². The van der Waals surface area contributed by atoms with Gasteiger partial charge in [0.1, 0.15) is 0 Å². The molecule has 2 N–H and O–H groups in total. The first-order valence-corrected chi connectivity index (χ1v) is 10.2. The van der Waals surface area contributed by atoms with Crippen molar-refractivity contribution in [1.82, 2.24) is 15.1 Å². The highest BCUT2D eigenvalue weighted by molar-refractivity contribution is 5.80. The van der Waals surface area contributed by atoms with E-state index < -0.39 is 0 Å². The van der Waals surface area contributed by atoms with Crippen LogP contribution in [0.2, 0.25) is 0 Å². The third kappa shape index (κ3) is 4.39. The average molecular weight is 366 g/mol. The molecule has 0 radical (unpaired) electrons. The van der Waals surface area contributed by atoms with E-state index in [-0.39, 0.29) is 34.8 Å². The summed E-state index contributed by atoms with van der Waals surface area (Å²) >= 11 is 0. The van der Waals surface area contributed by atoms with Crippen molar-refractivity contribution in [3.8, 4) is 0 Å². The number of hydrogen-bond acceptors (Lipinski definition) is 4. The predicted octanol–water partition coefficient (Wildman–Crippen LogP) is 1.38. The van der Waals surface area contributed by atoms with Crippen LogP contribution < -0.4 is 5.32 Å². The molecule has 0 aromatic rings. The summed E-state index contributed by atoms with van der Waals surface area (Å²) in [6.45, 7) is 9.20. The van der Waals surface area contributed by atoms with Crippen LogP contribution >= 0.6 is 0 Å². The van der Waals surface area contributed by atoms with Crippen LogP contribution in [0.1, 0.15) is 59.3 Å². The van der Waals surface area contributed by atoms with Crippen LogP contribution in [0.4, 0.5) is 0 Å². The Bertz CT molecular complexity index is 541. The minimum atomic E-state index is -0.388. The molecule has 3 aliphatic rings. The van der Waals surface area contributed by atoms with Crippen molar-refractivity contribution in [2.45, 2.75) is 70.9 Å². The van der Waals surface area contributed by atoms with Gasteiger partial charge in [0, 0.05) is 43.1 Å². The van der Waals surface area contributed by atoms with E-state index in [1.165, 1.54) is 0 Å². The zero-order valence-electron chi connectivity index (χ0n) is 16.6. The summed E-state index contributed by atoms with van der Waals surface area (Å²) in [5.41, 5.74) is -0.515. The van der Waals surface area contributed by atoms with Gasteiger partial charge in [-0.05, 0) is 52.9 Å². The topological polar surface area (TPSA) is 72.9 Å². The molecular formula is C20H35N3O3. The summed E-state index contributed by atoms with van der Waals surface area (Å²) in [6.07, 6.45) is 5.36. The van der Waals surface area contributed by atoms with E-state index >= 15 is 0 Å². The number of rotatable bonds is 3. The molecule has 2 saturated heterocycles. The molecule has 2 amide bonds. The second-order valence-corrected chi connectivity index (χ2v) is 9.67. The normalized spacial score (nSPS) is 30.9. The molecule has 1 aliphatic carbocycles. The maximum atomic E-state index is 12.7. The van der Waals surface area contributed by atoms with Gasteiger partial charge in [-0.25, -0.2) is 0 Å². The third-order valence-electron chi connectivity index (χ3n) is 6.22. The summed E-state index contributed by atoms with van der Waals surface area (Å²) in [6, 6.07) is 0.